The van der Waals surface area contributed by atoms with Gasteiger partial charge in [-0.25, -0.2) is 13.2 Å². The number of esters is 1. The number of aryl methyl sites for hydroxylation is 2. The van der Waals surface area contributed by atoms with Gasteiger partial charge in [0.1, 0.15) is 40.1 Å². The molecule has 0 amide bonds. The standard InChI is InChI=1S/C20H26N2O7S/c1-11-17(20(23)27-6)19(12(2)29-11)30(24,25)21-15-7-8-16(26-5)14-9-13(22(3)4)10-28-18(14)15/h7-8,13,21H,9-10H2,1-6H3/t13-/m1/s1. The van der Waals surface area contributed by atoms with E-state index in [1.807, 2.05) is 19.0 Å². The van der Waals surface area contributed by atoms with Gasteiger partial charge in [-0.15, -0.1) is 0 Å². The Hall–Kier alpha value is -2.72. The Morgan fingerprint density at radius 3 is 2.50 bits per heavy atom. The molecular formula is C20H26N2O7S. The van der Waals surface area contributed by atoms with Gasteiger partial charge in [-0.1, -0.05) is 0 Å². The number of hydrogen-bond donors (Lipinski definition) is 1. The van der Waals surface area contributed by atoms with Crippen molar-refractivity contribution >= 4 is 21.7 Å². The lowest BCUT2D eigenvalue weighted by Gasteiger charge is -2.32. The first kappa shape index (κ1) is 22.0. The minimum Gasteiger partial charge on any atom is -0.496 e. The molecule has 2 heterocycles. The van der Waals surface area contributed by atoms with Gasteiger partial charge in [0.05, 0.1) is 19.9 Å². The summed E-state index contributed by atoms with van der Waals surface area (Å²) in [6, 6.07) is 3.39. The maximum atomic E-state index is 13.2. The first-order chi connectivity index (χ1) is 14.1. The number of ether oxygens (including phenoxy) is 3. The van der Waals surface area contributed by atoms with Gasteiger partial charge in [-0.05, 0) is 46.5 Å². The average Bonchev–Trinajstić information content (AvgIpc) is 3.01. The second kappa shape index (κ2) is 8.19. The topological polar surface area (TPSA) is 107 Å². The van der Waals surface area contributed by atoms with Crippen molar-refractivity contribution in [2.75, 3.05) is 39.6 Å². The molecule has 1 aliphatic rings. The van der Waals surface area contributed by atoms with Crippen LogP contribution in [0, 0.1) is 13.8 Å². The summed E-state index contributed by atoms with van der Waals surface area (Å²) < 4.78 is 50.5. The van der Waals surface area contributed by atoms with Crippen LogP contribution in [-0.4, -0.2) is 60.3 Å². The van der Waals surface area contributed by atoms with E-state index < -0.39 is 16.0 Å². The zero-order valence-electron chi connectivity index (χ0n) is 17.9. The van der Waals surface area contributed by atoms with Crippen LogP contribution in [0.1, 0.15) is 27.4 Å². The SMILES string of the molecule is COC(=O)c1c(C)oc(C)c1S(=O)(=O)Nc1ccc(OC)c2c1OC[C@H](N(C)C)C2. The number of furan rings is 1. The number of anilines is 1. The summed E-state index contributed by atoms with van der Waals surface area (Å²) >= 11 is 0. The molecule has 2 aromatic rings. The summed E-state index contributed by atoms with van der Waals surface area (Å²) in [7, 11) is 2.48. The Kier molecular flexibility index (Phi) is 6.00. The lowest BCUT2D eigenvalue weighted by Crippen LogP contribution is -2.38. The Morgan fingerprint density at radius 1 is 1.20 bits per heavy atom. The molecule has 1 aromatic carbocycles. The third-order valence-electron chi connectivity index (χ3n) is 5.14. The summed E-state index contributed by atoms with van der Waals surface area (Å²) in [5.74, 6) is 0.503. The summed E-state index contributed by atoms with van der Waals surface area (Å²) in [4.78, 5) is 14.0. The Labute approximate surface area is 175 Å². The highest BCUT2D eigenvalue weighted by molar-refractivity contribution is 7.92. The normalized spacial score (nSPS) is 16.0. The number of nitrogens with zero attached hydrogens (tertiary/aromatic N) is 1. The van der Waals surface area contributed by atoms with E-state index in [2.05, 4.69) is 4.72 Å². The molecule has 9 nitrogen and oxygen atoms in total. The molecule has 1 atom stereocenters. The van der Waals surface area contributed by atoms with Crippen LogP contribution >= 0.6 is 0 Å². The van der Waals surface area contributed by atoms with Gasteiger partial charge < -0.3 is 23.5 Å². The number of carbonyl (C=O) groups excluding carboxylic acids is 1. The van der Waals surface area contributed by atoms with Crippen molar-refractivity contribution in [1.29, 1.82) is 0 Å². The second-order valence-corrected chi connectivity index (χ2v) is 8.89. The van der Waals surface area contributed by atoms with E-state index >= 15 is 0 Å². The van der Waals surface area contributed by atoms with E-state index in [-0.39, 0.29) is 33.7 Å². The van der Waals surface area contributed by atoms with Crippen LogP contribution in [0.25, 0.3) is 0 Å². The molecule has 1 aliphatic heterocycles. The molecule has 0 bridgehead atoms. The highest BCUT2D eigenvalue weighted by atomic mass is 32.2. The number of methoxy groups -OCH3 is 2. The van der Waals surface area contributed by atoms with Gasteiger partial charge in [0.2, 0.25) is 0 Å². The molecule has 0 radical (unpaired) electrons. The number of likely N-dealkylation sites (N-methyl/N-ethyl adjacent to an activating group) is 1. The van der Waals surface area contributed by atoms with E-state index in [4.69, 9.17) is 18.6 Å². The molecule has 10 heteroatoms. The van der Waals surface area contributed by atoms with Crippen LogP contribution in [0.15, 0.2) is 21.4 Å². The summed E-state index contributed by atoms with van der Waals surface area (Å²) in [6.07, 6.45) is 0.637. The van der Waals surface area contributed by atoms with Gasteiger partial charge in [0.15, 0.2) is 0 Å². The highest BCUT2D eigenvalue weighted by Gasteiger charge is 2.34. The monoisotopic (exact) mass is 438 g/mol. The van der Waals surface area contributed by atoms with Crippen molar-refractivity contribution in [2.24, 2.45) is 0 Å². The molecule has 0 spiro atoms. The summed E-state index contributed by atoms with van der Waals surface area (Å²) in [5.41, 5.74) is 0.909. The number of nitrogens with one attached hydrogen (secondary N) is 1. The molecule has 0 saturated carbocycles. The zero-order valence-corrected chi connectivity index (χ0v) is 18.7. The Morgan fingerprint density at radius 2 is 1.90 bits per heavy atom. The van der Waals surface area contributed by atoms with Gasteiger partial charge in [-0.2, -0.15) is 0 Å². The maximum Gasteiger partial charge on any atom is 0.342 e. The molecule has 0 saturated heterocycles. The van der Waals surface area contributed by atoms with Crippen molar-refractivity contribution in [3.05, 3.63) is 34.8 Å². The molecule has 164 valence electrons. The quantitative estimate of drug-likeness (QED) is 0.685. The van der Waals surface area contributed by atoms with Crippen LogP contribution in [0.5, 0.6) is 11.5 Å². The van der Waals surface area contributed by atoms with Crippen molar-refractivity contribution in [3.8, 4) is 11.5 Å². The number of sulfonamides is 1. The van der Waals surface area contributed by atoms with Crippen molar-refractivity contribution < 1.29 is 31.8 Å². The largest absolute Gasteiger partial charge is 0.496 e. The second-order valence-electron chi connectivity index (χ2n) is 7.27. The van der Waals surface area contributed by atoms with Crippen LogP contribution in [0.4, 0.5) is 5.69 Å². The number of carbonyl (C=O) groups is 1. The van der Waals surface area contributed by atoms with Crippen molar-refractivity contribution in [2.45, 2.75) is 31.2 Å². The molecule has 0 aliphatic carbocycles. The summed E-state index contributed by atoms with van der Waals surface area (Å²) in [6.45, 7) is 3.40. The smallest absolute Gasteiger partial charge is 0.342 e. The number of fused-ring (bicyclic) bond motifs is 1. The molecule has 0 unspecified atom stereocenters. The van der Waals surface area contributed by atoms with Crippen LogP contribution in [-0.2, 0) is 21.2 Å². The van der Waals surface area contributed by atoms with Crippen LogP contribution in [0.2, 0.25) is 0 Å². The van der Waals surface area contributed by atoms with Crippen molar-refractivity contribution in [1.82, 2.24) is 4.90 Å². The van der Waals surface area contributed by atoms with Gasteiger partial charge in [0, 0.05) is 11.6 Å². The average molecular weight is 439 g/mol. The van der Waals surface area contributed by atoms with E-state index in [1.165, 1.54) is 21.0 Å². The Balaban J connectivity index is 2.06. The third-order valence-corrected chi connectivity index (χ3v) is 6.65. The predicted molar refractivity (Wildman–Crippen MR) is 110 cm³/mol. The van der Waals surface area contributed by atoms with Gasteiger partial charge in [-0.3, -0.25) is 4.72 Å². The molecule has 3 rings (SSSR count). The van der Waals surface area contributed by atoms with E-state index in [0.29, 0.717) is 24.5 Å². The highest BCUT2D eigenvalue weighted by Crippen LogP contribution is 2.41. The number of benzene rings is 1. The minimum atomic E-state index is -4.17. The minimum absolute atomic E-state index is 0.0939. The van der Waals surface area contributed by atoms with Gasteiger partial charge in [0.25, 0.3) is 10.0 Å². The maximum absolute atomic E-state index is 13.2. The van der Waals surface area contributed by atoms with Crippen molar-refractivity contribution in [3.63, 3.8) is 0 Å². The molecule has 0 fully saturated rings. The molecule has 1 N–H and O–H groups in total. The Bertz CT molecular complexity index is 1070. The molecule has 30 heavy (non-hydrogen) atoms. The first-order valence-corrected chi connectivity index (χ1v) is 10.8. The van der Waals surface area contributed by atoms with E-state index in [0.717, 1.165) is 5.56 Å². The predicted octanol–water partition coefficient (Wildman–Crippen LogP) is 2.36. The molecule has 1 aromatic heterocycles. The van der Waals surface area contributed by atoms with Gasteiger partial charge >= 0.3 is 5.97 Å². The fourth-order valence-electron chi connectivity index (χ4n) is 3.57. The lowest BCUT2D eigenvalue weighted by molar-refractivity contribution is 0.0595. The number of hydrogen-bond acceptors (Lipinski definition) is 8. The third kappa shape index (κ3) is 3.84. The van der Waals surface area contributed by atoms with E-state index in [1.54, 1.807) is 19.2 Å². The van der Waals surface area contributed by atoms with Crippen LogP contribution in [0.3, 0.4) is 0 Å². The lowest BCUT2D eigenvalue weighted by atomic mass is 10.00. The first-order valence-electron chi connectivity index (χ1n) is 9.30. The zero-order chi connectivity index (χ0) is 22.2. The summed E-state index contributed by atoms with van der Waals surface area (Å²) in [5, 5.41) is 0. The van der Waals surface area contributed by atoms with E-state index in [9.17, 15) is 13.2 Å². The molecular weight excluding hydrogens is 412 g/mol. The fraction of sp³-hybridized carbons (Fsp3) is 0.450. The number of rotatable bonds is 6. The van der Waals surface area contributed by atoms with Crippen LogP contribution < -0.4 is 14.2 Å². The fourth-order valence-corrected chi connectivity index (χ4v) is 5.03.